The third-order valence-corrected chi connectivity index (χ3v) is 7.69. The second-order valence-corrected chi connectivity index (χ2v) is 10.9. The molecule has 0 unspecified atom stereocenters. The fourth-order valence-electron chi connectivity index (χ4n) is 6.73. The number of alkyl halides is 3. The highest BCUT2D eigenvalue weighted by Crippen LogP contribution is 2.60. The molecule has 4 fully saturated rings. The summed E-state index contributed by atoms with van der Waals surface area (Å²) in [5.41, 5.74) is -1.06. The number of amides is 1. The van der Waals surface area contributed by atoms with Crippen LogP contribution in [0.5, 0.6) is 0 Å². The van der Waals surface area contributed by atoms with E-state index in [9.17, 15) is 18.0 Å². The van der Waals surface area contributed by atoms with Gasteiger partial charge in [-0.15, -0.1) is 5.11 Å². The Morgan fingerprint density at radius 2 is 1.61 bits per heavy atom. The number of carbonyl (C=O) groups excluding carboxylic acids is 1. The molecule has 0 heterocycles. The van der Waals surface area contributed by atoms with Gasteiger partial charge in [-0.3, -0.25) is 9.80 Å². The Hall–Kier alpha value is -2.12. The maximum absolute atomic E-state index is 13.8. The number of halogens is 3. The predicted molar refractivity (Wildman–Crippen MR) is 121 cm³/mol. The summed E-state index contributed by atoms with van der Waals surface area (Å²) in [5.74, 6) is 1.86. The smallest absolute Gasteiger partial charge is 0.351 e. The van der Waals surface area contributed by atoms with E-state index in [-0.39, 0.29) is 35.6 Å². The van der Waals surface area contributed by atoms with Crippen LogP contribution in [0.4, 0.5) is 18.9 Å². The van der Waals surface area contributed by atoms with Gasteiger partial charge in [0.2, 0.25) is 5.91 Å². The lowest BCUT2D eigenvalue weighted by Crippen LogP contribution is -2.53. The SMILES string of the molecule is CC(C)N(N=Nc1c(CNC(=O)C23CC4CC(CC(C4)C2)C3)cccc1C(F)(F)F)C(C)C. The van der Waals surface area contributed by atoms with E-state index in [2.05, 4.69) is 15.7 Å². The summed E-state index contributed by atoms with van der Waals surface area (Å²) < 4.78 is 41.3. The van der Waals surface area contributed by atoms with E-state index < -0.39 is 11.7 Å². The van der Waals surface area contributed by atoms with Gasteiger partial charge in [0, 0.05) is 24.0 Å². The van der Waals surface area contributed by atoms with E-state index in [4.69, 9.17) is 0 Å². The van der Waals surface area contributed by atoms with E-state index >= 15 is 0 Å². The first-order valence-electron chi connectivity index (χ1n) is 12.2. The predicted octanol–water partition coefficient (Wildman–Crippen LogP) is 6.66. The molecule has 0 aromatic heterocycles. The van der Waals surface area contributed by atoms with Crippen molar-refractivity contribution in [1.29, 1.82) is 0 Å². The van der Waals surface area contributed by atoms with Gasteiger partial charge < -0.3 is 5.32 Å². The zero-order valence-electron chi connectivity index (χ0n) is 20.0. The quantitative estimate of drug-likeness (QED) is 0.363. The van der Waals surface area contributed by atoms with E-state index in [1.54, 1.807) is 11.1 Å². The van der Waals surface area contributed by atoms with Crippen LogP contribution in [0.1, 0.15) is 77.3 Å². The summed E-state index contributed by atoms with van der Waals surface area (Å²) in [6, 6.07) is 3.97. The standard InChI is InChI=1S/C25H35F3N4O/c1-15(2)32(16(3)4)31-30-22-20(6-5-7-21(22)25(26,27)28)14-29-23(33)24-11-17-8-18(12-24)10-19(9-17)13-24/h5-7,15-19H,8-14H2,1-4H3,(H,29,33). The van der Waals surface area contributed by atoms with Crippen molar-refractivity contribution < 1.29 is 18.0 Å². The highest BCUT2D eigenvalue weighted by atomic mass is 19.4. The zero-order chi connectivity index (χ0) is 24.0. The first-order valence-corrected chi connectivity index (χ1v) is 12.2. The molecule has 4 aliphatic carbocycles. The average Bonchev–Trinajstić information content (AvgIpc) is 2.70. The van der Waals surface area contributed by atoms with Gasteiger partial charge in [-0.1, -0.05) is 17.4 Å². The number of hydrogen-bond donors (Lipinski definition) is 1. The fourth-order valence-corrected chi connectivity index (χ4v) is 6.73. The van der Waals surface area contributed by atoms with Crippen molar-refractivity contribution in [1.82, 2.24) is 10.3 Å². The molecular formula is C25H35F3N4O. The maximum Gasteiger partial charge on any atom is 0.418 e. The number of nitrogens with zero attached hydrogens (tertiary/aromatic N) is 3. The molecule has 33 heavy (non-hydrogen) atoms. The average molecular weight is 465 g/mol. The highest BCUT2D eigenvalue weighted by molar-refractivity contribution is 5.83. The van der Waals surface area contributed by atoms with Crippen LogP contribution in [0, 0.1) is 23.2 Å². The maximum atomic E-state index is 13.8. The molecule has 8 heteroatoms. The van der Waals surface area contributed by atoms with E-state index in [1.807, 2.05) is 27.7 Å². The van der Waals surface area contributed by atoms with Crippen LogP contribution < -0.4 is 5.32 Å². The van der Waals surface area contributed by atoms with Crippen LogP contribution in [0.15, 0.2) is 28.5 Å². The molecule has 1 N–H and O–H groups in total. The van der Waals surface area contributed by atoms with Crippen molar-refractivity contribution in [2.45, 2.75) is 91.0 Å². The van der Waals surface area contributed by atoms with Gasteiger partial charge in [0.1, 0.15) is 5.69 Å². The van der Waals surface area contributed by atoms with Crippen LogP contribution in [0.2, 0.25) is 0 Å². The molecule has 4 saturated carbocycles. The van der Waals surface area contributed by atoms with Gasteiger partial charge in [0.05, 0.1) is 5.56 Å². The van der Waals surface area contributed by atoms with Crippen molar-refractivity contribution >= 4 is 11.6 Å². The summed E-state index contributed by atoms with van der Waals surface area (Å²) in [6.07, 6.45) is 1.87. The largest absolute Gasteiger partial charge is 0.418 e. The first-order chi connectivity index (χ1) is 15.5. The fraction of sp³-hybridized carbons (Fsp3) is 0.720. The molecule has 0 aliphatic heterocycles. The van der Waals surface area contributed by atoms with Crippen molar-refractivity contribution in [3.05, 3.63) is 29.3 Å². The molecule has 1 amide bonds. The molecular weight excluding hydrogens is 429 g/mol. The molecule has 5 nitrogen and oxygen atoms in total. The summed E-state index contributed by atoms with van der Waals surface area (Å²) >= 11 is 0. The minimum atomic E-state index is -4.56. The molecule has 0 radical (unpaired) electrons. The molecule has 4 bridgehead atoms. The van der Waals surface area contributed by atoms with Crippen LogP contribution in [0.3, 0.4) is 0 Å². The second-order valence-electron chi connectivity index (χ2n) is 10.9. The molecule has 0 atom stereocenters. The van der Waals surface area contributed by atoms with Crippen molar-refractivity contribution in [2.75, 3.05) is 0 Å². The number of hydrogen-bond acceptors (Lipinski definition) is 3. The van der Waals surface area contributed by atoms with Crippen LogP contribution in [0.25, 0.3) is 0 Å². The minimum absolute atomic E-state index is 0.00659. The van der Waals surface area contributed by atoms with Crippen molar-refractivity contribution in [3.63, 3.8) is 0 Å². The minimum Gasteiger partial charge on any atom is -0.351 e. The van der Waals surface area contributed by atoms with Gasteiger partial charge >= 0.3 is 6.18 Å². The lowest BCUT2D eigenvalue weighted by atomic mass is 9.49. The van der Waals surface area contributed by atoms with Gasteiger partial charge in [0.15, 0.2) is 0 Å². The Morgan fingerprint density at radius 1 is 1.06 bits per heavy atom. The van der Waals surface area contributed by atoms with E-state index in [0.717, 1.165) is 25.3 Å². The molecule has 182 valence electrons. The van der Waals surface area contributed by atoms with Gasteiger partial charge in [0.25, 0.3) is 0 Å². The van der Waals surface area contributed by atoms with Crippen LogP contribution in [-0.4, -0.2) is 23.0 Å². The van der Waals surface area contributed by atoms with Crippen LogP contribution in [-0.2, 0) is 17.5 Å². The second kappa shape index (κ2) is 8.91. The Labute approximate surface area is 194 Å². The van der Waals surface area contributed by atoms with E-state index in [1.165, 1.54) is 25.3 Å². The molecule has 4 aliphatic rings. The first kappa shape index (κ1) is 24.0. The third-order valence-electron chi connectivity index (χ3n) is 7.69. The van der Waals surface area contributed by atoms with Gasteiger partial charge in [-0.2, -0.15) is 13.2 Å². The summed E-state index contributed by atoms with van der Waals surface area (Å²) in [5, 5.41) is 12.9. The normalized spacial score (nSPS) is 28.8. The number of rotatable bonds is 7. The molecule has 1 aromatic rings. The third kappa shape index (κ3) is 4.90. The number of benzene rings is 1. The van der Waals surface area contributed by atoms with E-state index in [0.29, 0.717) is 23.3 Å². The Morgan fingerprint density at radius 3 is 2.09 bits per heavy atom. The Balaban J connectivity index is 1.57. The lowest BCUT2D eigenvalue weighted by molar-refractivity contribution is -0.146. The monoisotopic (exact) mass is 464 g/mol. The highest BCUT2D eigenvalue weighted by Gasteiger charge is 2.54. The zero-order valence-corrected chi connectivity index (χ0v) is 20.0. The molecule has 0 saturated heterocycles. The Bertz CT molecular complexity index is 866. The number of nitrogens with one attached hydrogen (secondary N) is 1. The summed E-state index contributed by atoms with van der Waals surface area (Å²) in [6.45, 7) is 7.69. The topological polar surface area (TPSA) is 57.1 Å². The van der Waals surface area contributed by atoms with Crippen LogP contribution >= 0.6 is 0 Å². The number of carbonyl (C=O) groups is 1. The van der Waals surface area contributed by atoms with Crippen molar-refractivity contribution in [3.8, 4) is 0 Å². The van der Waals surface area contributed by atoms with Gasteiger partial charge in [-0.25, -0.2) is 0 Å². The lowest BCUT2D eigenvalue weighted by Gasteiger charge is -2.55. The Kier molecular flexibility index (Phi) is 6.49. The van der Waals surface area contributed by atoms with Crippen molar-refractivity contribution in [2.24, 2.45) is 33.5 Å². The molecule has 1 aromatic carbocycles. The summed E-state index contributed by atoms with van der Waals surface area (Å²) in [7, 11) is 0. The van der Waals surface area contributed by atoms with Gasteiger partial charge in [-0.05, 0) is 95.6 Å². The molecule has 0 spiro atoms. The summed E-state index contributed by atoms with van der Waals surface area (Å²) in [4.78, 5) is 13.3. The molecule has 5 rings (SSSR count).